The zero-order chi connectivity index (χ0) is 25.9. The van der Waals surface area contributed by atoms with Crippen LogP contribution in [0.25, 0.3) is 0 Å². The van der Waals surface area contributed by atoms with Crippen LogP contribution in [0.5, 0.6) is 0 Å². The van der Waals surface area contributed by atoms with Gasteiger partial charge in [0.2, 0.25) is 0 Å². The average Bonchev–Trinajstić information content (AvgIpc) is 2.59. The van der Waals surface area contributed by atoms with Crippen molar-refractivity contribution >= 4 is 18.0 Å². The molecule has 1 amide bonds. The summed E-state index contributed by atoms with van der Waals surface area (Å²) in [5.41, 5.74) is -1.59. The Kier molecular flexibility index (Phi) is 12.2. The van der Waals surface area contributed by atoms with Crippen LogP contribution in [0.1, 0.15) is 74.1 Å². The highest BCUT2D eigenvalue weighted by atomic mass is 19.4. The van der Waals surface area contributed by atoms with Crippen molar-refractivity contribution in [2.24, 2.45) is 0 Å². The number of ether oxygens (including phenoxy) is 3. The average molecular weight is 480 g/mol. The van der Waals surface area contributed by atoms with Gasteiger partial charge >= 0.3 is 24.2 Å². The van der Waals surface area contributed by atoms with Crippen molar-refractivity contribution in [3.8, 4) is 0 Å². The largest absolute Gasteiger partial charge is 0.509 e. The standard InChI is InChI=1S/C23H36F3NO6/c1-8-13-16(31-20(30)33-22(5,6)7)14-11-9-10-12-15-17(18(28)32-21(2,3)4)27-19(29)23(24,25)26/h8,10,12-13,16-17H,9,11,14-15H2,1-7H3,(H,27,29)/b12-10+,13-8-. The third-order valence-corrected chi connectivity index (χ3v) is 3.70. The van der Waals surface area contributed by atoms with E-state index in [-0.39, 0.29) is 6.42 Å². The van der Waals surface area contributed by atoms with Crippen LogP contribution < -0.4 is 5.32 Å². The molecule has 0 radical (unpaired) electrons. The number of hydrogen-bond donors (Lipinski definition) is 1. The second-order valence-corrected chi connectivity index (χ2v) is 9.34. The first-order valence-corrected chi connectivity index (χ1v) is 10.7. The van der Waals surface area contributed by atoms with E-state index in [1.54, 1.807) is 72.0 Å². The van der Waals surface area contributed by atoms with Crippen LogP contribution in [0.2, 0.25) is 0 Å². The molecule has 0 aromatic heterocycles. The van der Waals surface area contributed by atoms with Gasteiger partial charge in [-0.15, -0.1) is 0 Å². The molecule has 2 unspecified atom stereocenters. The zero-order valence-corrected chi connectivity index (χ0v) is 20.4. The van der Waals surface area contributed by atoms with Crippen LogP contribution in [0.3, 0.4) is 0 Å². The molecular weight excluding hydrogens is 443 g/mol. The molecule has 0 aromatic carbocycles. The fourth-order valence-electron chi connectivity index (χ4n) is 2.42. The molecule has 0 aliphatic heterocycles. The smallest absolute Gasteiger partial charge is 0.458 e. The highest BCUT2D eigenvalue weighted by molar-refractivity contribution is 5.87. The number of esters is 1. The van der Waals surface area contributed by atoms with Gasteiger partial charge in [-0.2, -0.15) is 13.2 Å². The Morgan fingerprint density at radius 1 is 0.939 bits per heavy atom. The topological polar surface area (TPSA) is 90.9 Å². The van der Waals surface area contributed by atoms with Crippen LogP contribution in [-0.4, -0.2) is 47.6 Å². The summed E-state index contributed by atoms with van der Waals surface area (Å²) < 4.78 is 53.3. The molecule has 0 saturated heterocycles. The SMILES string of the molecule is C/C=C\C(CCC/C=C/CC(NC(=O)C(F)(F)F)C(=O)OC(C)(C)C)OC(=O)OC(C)(C)C. The summed E-state index contributed by atoms with van der Waals surface area (Å²) in [6.07, 6.45) is 1.72. The Morgan fingerprint density at radius 3 is 2.00 bits per heavy atom. The number of alkyl halides is 3. The molecule has 0 aromatic rings. The summed E-state index contributed by atoms with van der Waals surface area (Å²) in [6, 6.07) is -1.47. The van der Waals surface area contributed by atoms with Gasteiger partial charge < -0.3 is 19.5 Å². The molecule has 0 saturated carbocycles. The van der Waals surface area contributed by atoms with Gasteiger partial charge in [-0.25, -0.2) is 9.59 Å². The first kappa shape index (κ1) is 30.5. The molecule has 0 spiro atoms. The van der Waals surface area contributed by atoms with Crippen LogP contribution in [-0.2, 0) is 23.8 Å². The molecule has 1 N–H and O–H groups in total. The molecule has 10 heteroatoms. The van der Waals surface area contributed by atoms with E-state index in [1.165, 1.54) is 6.08 Å². The molecule has 7 nitrogen and oxygen atoms in total. The van der Waals surface area contributed by atoms with E-state index in [2.05, 4.69) is 0 Å². The van der Waals surface area contributed by atoms with Gasteiger partial charge in [-0.05, 0) is 80.2 Å². The molecule has 0 fully saturated rings. The maximum Gasteiger partial charge on any atom is 0.509 e. The lowest BCUT2D eigenvalue weighted by molar-refractivity contribution is -0.177. The van der Waals surface area contributed by atoms with Gasteiger partial charge in [0.15, 0.2) is 0 Å². The lowest BCUT2D eigenvalue weighted by Gasteiger charge is -2.24. The van der Waals surface area contributed by atoms with Crippen LogP contribution in [0, 0.1) is 0 Å². The third kappa shape index (κ3) is 15.8. The Morgan fingerprint density at radius 2 is 1.52 bits per heavy atom. The van der Waals surface area contributed by atoms with Gasteiger partial charge in [0, 0.05) is 0 Å². The van der Waals surface area contributed by atoms with E-state index in [1.807, 2.05) is 0 Å². The van der Waals surface area contributed by atoms with Gasteiger partial charge in [0.1, 0.15) is 23.3 Å². The Labute approximate surface area is 193 Å². The first-order chi connectivity index (χ1) is 14.9. The van der Waals surface area contributed by atoms with Crippen LogP contribution in [0.15, 0.2) is 24.3 Å². The minimum atomic E-state index is -5.11. The maximum absolute atomic E-state index is 12.6. The molecule has 190 valence electrons. The lowest BCUT2D eigenvalue weighted by atomic mass is 10.1. The molecule has 0 bridgehead atoms. The van der Waals surface area contributed by atoms with Crippen molar-refractivity contribution in [3.63, 3.8) is 0 Å². The van der Waals surface area contributed by atoms with E-state index in [9.17, 15) is 27.6 Å². The van der Waals surface area contributed by atoms with E-state index in [0.29, 0.717) is 19.3 Å². The molecule has 0 aliphatic carbocycles. The number of halogens is 3. The monoisotopic (exact) mass is 479 g/mol. The molecule has 0 aliphatic rings. The quantitative estimate of drug-likeness (QED) is 0.257. The minimum Gasteiger partial charge on any atom is -0.458 e. The summed E-state index contributed by atoms with van der Waals surface area (Å²) >= 11 is 0. The third-order valence-electron chi connectivity index (χ3n) is 3.70. The minimum absolute atomic E-state index is 0.163. The Balaban J connectivity index is 4.82. The second kappa shape index (κ2) is 13.3. The van der Waals surface area contributed by atoms with Crippen molar-refractivity contribution in [3.05, 3.63) is 24.3 Å². The molecule has 0 rings (SSSR count). The number of carbonyl (C=O) groups excluding carboxylic acids is 3. The van der Waals surface area contributed by atoms with Gasteiger partial charge in [0.05, 0.1) is 0 Å². The molecule has 0 heterocycles. The van der Waals surface area contributed by atoms with Crippen molar-refractivity contribution in [2.45, 2.75) is 104 Å². The summed E-state index contributed by atoms with van der Waals surface area (Å²) in [5, 5.41) is 1.68. The zero-order valence-electron chi connectivity index (χ0n) is 20.4. The number of unbranched alkanes of at least 4 members (excludes halogenated alkanes) is 1. The number of rotatable bonds is 10. The normalized spacial score (nSPS) is 14.7. The number of allylic oxidation sites excluding steroid dienone is 2. The summed E-state index contributed by atoms with van der Waals surface area (Å²) in [7, 11) is 0. The highest BCUT2D eigenvalue weighted by Gasteiger charge is 2.41. The van der Waals surface area contributed by atoms with E-state index in [0.717, 1.165) is 0 Å². The first-order valence-electron chi connectivity index (χ1n) is 10.7. The van der Waals surface area contributed by atoms with Crippen molar-refractivity contribution in [2.75, 3.05) is 0 Å². The van der Waals surface area contributed by atoms with Crippen molar-refractivity contribution in [1.82, 2.24) is 5.32 Å². The number of amides is 1. The number of carbonyl (C=O) groups is 3. The molecular formula is C23H36F3NO6. The fraction of sp³-hybridized carbons (Fsp3) is 0.696. The Bertz CT molecular complexity index is 702. The maximum atomic E-state index is 12.6. The van der Waals surface area contributed by atoms with E-state index in [4.69, 9.17) is 14.2 Å². The number of nitrogens with one attached hydrogen (secondary N) is 1. The number of hydrogen-bond acceptors (Lipinski definition) is 6. The highest BCUT2D eigenvalue weighted by Crippen LogP contribution is 2.17. The van der Waals surface area contributed by atoms with Gasteiger partial charge in [-0.1, -0.05) is 18.2 Å². The summed E-state index contributed by atoms with van der Waals surface area (Å²) in [6.45, 7) is 11.7. The van der Waals surface area contributed by atoms with Gasteiger partial charge in [-0.3, -0.25) is 4.79 Å². The van der Waals surface area contributed by atoms with E-state index < -0.39 is 47.6 Å². The van der Waals surface area contributed by atoms with Crippen LogP contribution >= 0.6 is 0 Å². The summed E-state index contributed by atoms with van der Waals surface area (Å²) in [5.74, 6) is -3.16. The van der Waals surface area contributed by atoms with Crippen molar-refractivity contribution < 1.29 is 41.8 Å². The molecule has 2 atom stereocenters. The Hall–Kier alpha value is -2.52. The fourth-order valence-corrected chi connectivity index (χ4v) is 2.42. The lowest BCUT2D eigenvalue weighted by Crippen LogP contribution is -2.48. The van der Waals surface area contributed by atoms with Gasteiger partial charge in [0.25, 0.3) is 0 Å². The second-order valence-electron chi connectivity index (χ2n) is 9.34. The molecule has 33 heavy (non-hydrogen) atoms. The summed E-state index contributed by atoms with van der Waals surface area (Å²) in [4.78, 5) is 35.3. The van der Waals surface area contributed by atoms with E-state index >= 15 is 0 Å². The van der Waals surface area contributed by atoms with Crippen molar-refractivity contribution in [1.29, 1.82) is 0 Å². The van der Waals surface area contributed by atoms with Crippen LogP contribution in [0.4, 0.5) is 18.0 Å². The predicted octanol–water partition coefficient (Wildman–Crippen LogP) is 5.39. The predicted molar refractivity (Wildman–Crippen MR) is 117 cm³/mol.